The normalized spacial score (nSPS) is 22.9. The van der Waals surface area contributed by atoms with Crippen molar-refractivity contribution in [1.82, 2.24) is 9.55 Å². The van der Waals surface area contributed by atoms with Gasteiger partial charge >= 0.3 is 0 Å². The number of hydrogen-bond donors (Lipinski definition) is 2. The molecule has 1 aliphatic rings. The Labute approximate surface area is 81.0 Å². The summed E-state index contributed by atoms with van der Waals surface area (Å²) >= 11 is 0. The highest BCUT2D eigenvalue weighted by Crippen LogP contribution is 2.19. The van der Waals surface area contributed by atoms with Crippen molar-refractivity contribution in [3.05, 3.63) is 18.2 Å². The van der Waals surface area contributed by atoms with E-state index >= 15 is 0 Å². The lowest BCUT2D eigenvalue weighted by Crippen LogP contribution is -2.22. The standard InChI is InChI=1S/C8H12N4O2/c9-7(11-13)8-10-2-3-12(8)6-1-4-14-5-6/h2-3,6,13H,1,4-5H2,(H2,9,11). The first-order valence-corrected chi connectivity index (χ1v) is 4.41. The van der Waals surface area contributed by atoms with Crippen molar-refractivity contribution < 1.29 is 9.94 Å². The minimum absolute atomic E-state index is 0.0295. The van der Waals surface area contributed by atoms with Gasteiger partial charge in [-0.2, -0.15) is 0 Å². The number of amidine groups is 1. The van der Waals surface area contributed by atoms with E-state index < -0.39 is 0 Å². The molecule has 1 atom stereocenters. The summed E-state index contributed by atoms with van der Waals surface area (Å²) in [5.74, 6) is 0.518. The van der Waals surface area contributed by atoms with Crippen LogP contribution in [0, 0.1) is 0 Å². The first-order chi connectivity index (χ1) is 6.83. The summed E-state index contributed by atoms with van der Waals surface area (Å²) in [5.41, 5.74) is 5.48. The Balaban J connectivity index is 2.29. The predicted molar refractivity (Wildman–Crippen MR) is 49.2 cm³/mol. The van der Waals surface area contributed by atoms with Crippen molar-refractivity contribution in [3.8, 4) is 0 Å². The third-order valence-corrected chi connectivity index (χ3v) is 2.30. The fraction of sp³-hybridized carbons (Fsp3) is 0.500. The quantitative estimate of drug-likeness (QED) is 0.300. The van der Waals surface area contributed by atoms with Gasteiger partial charge < -0.3 is 20.2 Å². The maximum atomic E-state index is 8.55. The average Bonchev–Trinajstić information content (AvgIpc) is 2.85. The van der Waals surface area contributed by atoms with Gasteiger partial charge in [-0.3, -0.25) is 0 Å². The molecule has 0 aliphatic carbocycles. The van der Waals surface area contributed by atoms with Gasteiger partial charge in [0, 0.05) is 19.0 Å². The van der Waals surface area contributed by atoms with Crippen LogP contribution in [0.15, 0.2) is 17.5 Å². The maximum absolute atomic E-state index is 8.55. The molecule has 1 aliphatic heterocycles. The summed E-state index contributed by atoms with van der Waals surface area (Å²) in [6.45, 7) is 1.40. The lowest BCUT2D eigenvalue weighted by atomic mass is 10.2. The first kappa shape index (κ1) is 9.01. The van der Waals surface area contributed by atoms with Crippen LogP contribution in [0.1, 0.15) is 18.3 Å². The number of imidazole rings is 1. The van der Waals surface area contributed by atoms with Gasteiger partial charge in [0.05, 0.1) is 12.6 Å². The smallest absolute Gasteiger partial charge is 0.206 e. The molecule has 6 heteroatoms. The number of aromatic nitrogens is 2. The van der Waals surface area contributed by atoms with E-state index in [-0.39, 0.29) is 11.9 Å². The molecule has 0 radical (unpaired) electrons. The molecule has 14 heavy (non-hydrogen) atoms. The molecule has 1 aromatic heterocycles. The van der Waals surface area contributed by atoms with Crippen molar-refractivity contribution in [1.29, 1.82) is 0 Å². The molecule has 0 bridgehead atoms. The van der Waals surface area contributed by atoms with Gasteiger partial charge in [0.25, 0.3) is 0 Å². The molecule has 2 heterocycles. The van der Waals surface area contributed by atoms with Crippen LogP contribution in [0.2, 0.25) is 0 Å². The van der Waals surface area contributed by atoms with Gasteiger partial charge in [0.1, 0.15) is 0 Å². The summed E-state index contributed by atoms with van der Waals surface area (Å²) in [4.78, 5) is 4.02. The lowest BCUT2D eigenvalue weighted by Gasteiger charge is -2.12. The Bertz CT molecular complexity index is 341. The number of hydrogen-bond acceptors (Lipinski definition) is 4. The third-order valence-electron chi connectivity index (χ3n) is 2.30. The molecule has 1 unspecified atom stereocenters. The minimum atomic E-state index is 0.0295. The second kappa shape index (κ2) is 3.67. The second-order valence-corrected chi connectivity index (χ2v) is 3.16. The number of ether oxygens (including phenoxy) is 1. The number of nitrogens with zero attached hydrogens (tertiary/aromatic N) is 3. The molecule has 0 aromatic carbocycles. The molecule has 1 fully saturated rings. The highest BCUT2D eigenvalue weighted by atomic mass is 16.5. The van der Waals surface area contributed by atoms with Crippen molar-refractivity contribution in [3.63, 3.8) is 0 Å². The molecule has 3 N–H and O–H groups in total. The molecule has 0 saturated carbocycles. The molecule has 6 nitrogen and oxygen atoms in total. The SMILES string of the molecule is NC(=NO)c1nccn1C1CCOC1. The lowest BCUT2D eigenvalue weighted by molar-refractivity contribution is 0.186. The summed E-state index contributed by atoms with van der Waals surface area (Å²) in [5, 5.41) is 11.5. The fourth-order valence-electron chi connectivity index (χ4n) is 1.59. The molecular formula is C8H12N4O2. The van der Waals surface area contributed by atoms with E-state index in [9.17, 15) is 0 Å². The number of rotatable bonds is 2. The second-order valence-electron chi connectivity index (χ2n) is 3.16. The molecule has 2 rings (SSSR count). The number of oxime groups is 1. The van der Waals surface area contributed by atoms with Gasteiger partial charge in [-0.25, -0.2) is 4.98 Å². The van der Waals surface area contributed by atoms with Crippen molar-refractivity contribution in [2.45, 2.75) is 12.5 Å². The molecule has 1 aromatic rings. The summed E-state index contributed by atoms with van der Waals surface area (Å²) in [7, 11) is 0. The van der Waals surface area contributed by atoms with Gasteiger partial charge in [-0.15, -0.1) is 0 Å². The topological polar surface area (TPSA) is 85.7 Å². The Kier molecular flexibility index (Phi) is 2.36. The van der Waals surface area contributed by atoms with E-state index in [1.54, 1.807) is 6.20 Å². The largest absolute Gasteiger partial charge is 0.409 e. The molecule has 0 amide bonds. The first-order valence-electron chi connectivity index (χ1n) is 4.41. The van der Waals surface area contributed by atoms with Crippen LogP contribution >= 0.6 is 0 Å². The van der Waals surface area contributed by atoms with Crippen LogP contribution in [-0.4, -0.2) is 33.8 Å². The maximum Gasteiger partial charge on any atom is 0.206 e. The monoisotopic (exact) mass is 196 g/mol. The molecule has 1 saturated heterocycles. The van der Waals surface area contributed by atoms with Crippen molar-refractivity contribution in [2.75, 3.05) is 13.2 Å². The van der Waals surface area contributed by atoms with Crippen LogP contribution in [0.3, 0.4) is 0 Å². The highest BCUT2D eigenvalue weighted by molar-refractivity contribution is 5.93. The fourth-order valence-corrected chi connectivity index (χ4v) is 1.59. The highest BCUT2D eigenvalue weighted by Gasteiger charge is 2.21. The van der Waals surface area contributed by atoms with Crippen molar-refractivity contribution >= 4 is 5.84 Å². The summed E-state index contributed by atoms with van der Waals surface area (Å²) in [6.07, 6.45) is 4.38. The van der Waals surface area contributed by atoms with E-state index in [2.05, 4.69) is 10.1 Å². The van der Waals surface area contributed by atoms with Gasteiger partial charge in [-0.05, 0) is 6.42 Å². The van der Waals surface area contributed by atoms with Crippen LogP contribution in [-0.2, 0) is 4.74 Å². The minimum Gasteiger partial charge on any atom is -0.409 e. The van der Waals surface area contributed by atoms with Gasteiger partial charge in [0.2, 0.25) is 5.84 Å². The number of nitrogens with two attached hydrogens (primary N) is 1. The zero-order chi connectivity index (χ0) is 9.97. The summed E-state index contributed by atoms with van der Waals surface area (Å²) in [6, 6.07) is 0.243. The van der Waals surface area contributed by atoms with E-state index in [0.29, 0.717) is 12.4 Å². The van der Waals surface area contributed by atoms with E-state index in [4.69, 9.17) is 15.7 Å². The Morgan fingerprint density at radius 3 is 3.29 bits per heavy atom. The van der Waals surface area contributed by atoms with E-state index in [1.807, 2.05) is 10.8 Å². The zero-order valence-electron chi connectivity index (χ0n) is 7.63. The Hall–Kier alpha value is -1.56. The molecule has 76 valence electrons. The predicted octanol–water partition coefficient (Wildman–Crippen LogP) is -0.0610. The summed E-state index contributed by atoms with van der Waals surface area (Å²) < 4.78 is 7.13. The molecular weight excluding hydrogens is 184 g/mol. The zero-order valence-corrected chi connectivity index (χ0v) is 7.63. The Morgan fingerprint density at radius 1 is 1.79 bits per heavy atom. The van der Waals surface area contributed by atoms with Crippen LogP contribution in [0.4, 0.5) is 0 Å². The van der Waals surface area contributed by atoms with E-state index in [1.165, 1.54) is 0 Å². The van der Waals surface area contributed by atoms with Crippen LogP contribution < -0.4 is 5.73 Å². The van der Waals surface area contributed by atoms with Gasteiger partial charge in [-0.1, -0.05) is 5.16 Å². The Morgan fingerprint density at radius 2 is 2.64 bits per heavy atom. The molecule has 0 spiro atoms. The average molecular weight is 196 g/mol. The van der Waals surface area contributed by atoms with Crippen molar-refractivity contribution in [2.24, 2.45) is 10.9 Å². The third kappa shape index (κ3) is 1.44. The van der Waals surface area contributed by atoms with Gasteiger partial charge in [0.15, 0.2) is 5.82 Å². The van der Waals surface area contributed by atoms with Crippen LogP contribution in [0.25, 0.3) is 0 Å². The van der Waals surface area contributed by atoms with Crippen LogP contribution in [0.5, 0.6) is 0 Å². The van der Waals surface area contributed by atoms with E-state index in [0.717, 1.165) is 13.0 Å².